The minimum atomic E-state index is -1.08. The van der Waals surface area contributed by atoms with Gasteiger partial charge in [-0.3, -0.25) is 4.79 Å². The molecule has 0 aliphatic heterocycles. The molecular formula is C10H11BrFNO3. The van der Waals surface area contributed by atoms with Gasteiger partial charge < -0.3 is 15.6 Å². The highest BCUT2D eigenvalue weighted by Crippen LogP contribution is 2.29. The zero-order chi connectivity index (χ0) is 12.3. The second kappa shape index (κ2) is 5.27. The zero-order valence-electron chi connectivity index (χ0n) is 8.54. The minimum absolute atomic E-state index is 0.119. The average Bonchev–Trinajstić information content (AvgIpc) is 2.20. The molecule has 0 fully saturated rings. The van der Waals surface area contributed by atoms with Crippen LogP contribution in [-0.2, 0) is 4.79 Å². The molecule has 1 rings (SSSR count). The maximum absolute atomic E-state index is 13.6. The Kier molecular flexibility index (Phi) is 4.26. The van der Waals surface area contributed by atoms with E-state index in [4.69, 9.17) is 15.6 Å². The lowest BCUT2D eigenvalue weighted by Gasteiger charge is -2.13. The molecule has 0 saturated heterocycles. The number of aliphatic carboxylic acids is 1. The molecule has 0 aliphatic rings. The van der Waals surface area contributed by atoms with Gasteiger partial charge in [-0.2, -0.15) is 0 Å². The first-order valence-electron chi connectivity index (χ1n) is 4.46. The quantitative estimate of drug-likeness (QED) is 0.891. The molecule has 0 heterocycles. The van der Waals surface area contributed by atoms with Gasteiger partial charge in [0.05, 0.1) is 18.0 Å². The molecule has 1 aromatic rings. The van der Waals surface area contributed by atoms with E-state index >= 15 is 0 Å². The lowest BCUT2D eigenvalue weighted by Crippen LogP contribution is -2.16. The summed E-state index contributed by atoms with van der Waals surface area (Å²) in [4.78, 5) is 10.5. The van der Waals surface area contributed by atoms with Crippen LogP contribution >= 0.6 is 15.9 Å². The van der Waals surface area contributed by atoms with E-state index in [9.17, 15) is 9.18 Å². The summed E-state index contributed by atoms with van der Waals surface area (Å²) >= 11 is 3.01. The third-order valence-electron chi connectivity index (χ3n) is 2.06. The van der Waals surface area contributed by atoms with Gasteiger partial charge in [-0.05, 0) is 28.1 Å². The number of carboxylic acid groups (broad SMARTS) is 1. The topological polar surface area (TPSA) is 72.5 Å². The molecule has 0 aliphatic carbocycles. The van der Waals surface area contributed by atoms with Crippen LogP contribution in [0.15, 0.2) is 16.6 Å². The average molecular weight is 292 g/mol. The van der Waals surface area contributed by atoms with Gasteiger partial charge >= 0.3 is 5.97 Å². The fourth-order valence-electron chi connectivity index (χ4n) is 1.27. The number of benzene rings is 1. The summed E-state index contributed by atoms with van der Waals surface area (Å²) < 4.78 is 18.8. The predicted octanol–water partition coefficient (Wildman–Crippen LogP) is 2.07. The van der Waals surface area contributed by atoms with Crippen LogP contribution in [0.3, 0.4) is 0 Å². The van der Waals surface area contributed by atoms with Gasteiger partial charge in [0.25, 0.3) is 0 Å². The van der Waals surface area contributed by atoms with Gasteiger partial charge in [0, 0.05) is 11.6 Å². The first-order chi connectivity index (χ1) is 7.45. The summed E-state index contributed by atoms with van der Waals surface area (Å²) in [5.74, 6) is -1.22. The molecule has 0 radical (unpaired) electrons. The molecule has 0 bridgehead atoms. The monoisotopic (exact) mass is 291 g/mol. The fourth-order valence-corrected chi connectivity index (χ4v) is 1.72. The van der Waals surface area contributed by atoms with Gasteiger partial charge in [-0.1, -0.05) is 0 Å². The molecule has 1 atom stereocenters. The number of methoxy groups -OCH3 is 1. The van der Waals surface area contributed by atoms with Crippen molar-refractivity contribution in [3.8, 4) is 5.75 Å². The Labute approximate surface area is 100 Å². The van der Waals surface area contributed by atoms with Crippen molar-refractivity contribution in [3.05, 3.63) is 28.0 Å². The Morgan fingerprint density at radius 1 is 1.69 bits per heavy atom. The van der Waals surface area contributed by atoms with Gasteiger partial charge in [0.2, 0.25) is 0 Å². The molecule has 0 aromatic heterocycles. The maximum Gasteiger partial charge on any atom is 0.305 e. The van der Waals surface area contributed by atoms with Crippen molar-refractivity contribution < 1.29 is 19.0 Å². The number of ether oxygens (including phenoxy) is 1. The Morgan fingerprint density at radius 3 is 2.81 bits per heavy atom. The highest BCUT2D eigenvalue weighted by Gasteiger charge is 2.18. The number of carboxylic acids is 1. The fraction of sp³-hybridized carbons (Fsp3) is 0.300. The van der Waals surface area contributed by atoms with Crippen molar-refractivity contribution in [1.82, 2.24) is 0 Å². The van der Waals surface area contributed by atoms with Crippen LogP contribution in [0.2, 0.25) is 0 Å². The van der Waals surface area contributed by atoms with Crippen LogP contribution in [0.1, 0.15) is 18.0 Å². The standard InChI is InChI=1S/C10H11BrFNO3/c1-16-5-2-6(8(13)4-9(14)15)10(12)7(11)3-5/h2-3,8H,4,13H2,1H3,(H,14,15). The van der Waals surface area contributed by atoms with Gasteiger partial charge in [-0.25, -0.2) is 4.39 Å². The van der Waals surface area contributed by atoms with E-state index in [1.165, 1.54) is 19.2 Å². The molecule has 1 unspecified atom stereocenters. The molecule has 0 amide bonds. The van der Waals surface area contributed by atoms with E-state index in [0.29, 0.717) is 5.75 Å². The Bertz CT molecular complexity index is 411. The number of halogens is 2. The molecule has 6 heteroatoms. The van der Waals surface area contributed by atoms with E-state index in [0.717, 1.165) is 0 Å². The number of rotatable bonds is 4. The summed E-state index contributed by atoms with van der Waals surface area (Å²) in [7, 11) is 1.44. The first-order valence-corrected chi connectivity index (χ1v) is 5.25. The van der Waals surface area contributed by atoms with E-state index in [1.807, 2.05) is 0 Å². The molecule has 3 N–H and O–H groups in total. The highest BCUT2D eigenvalue weighted by atomic mass is 79.9. The Balaban J connectivity index is 3.10. The van der Waals surface area contributed by atoms with Crippen molar-refractivity contribution >= 4 is 21.9 Å². The SMILES string of the molecule is COc1cc(Br)c(F)c(C(N)CC(=O)O)c1. The van der Waals surface area contributed by atoms with Crippen molar-refractivity contribution in [3.63, 3.8) is 0 Å². The van der Waals surface area contributed by atoms with E-state index in [2.05, 4.69) is 15.9 Å². The Hall–Kier alpha value is -1.14. The summed E-state index contributed by atoms with van der Waals surface area (Å²) in [5, 5.41) is 8.59. The molecule has 4 nitrogen and oxygen atoms in total. The van der Waals surface area contributed by atoms with Crippen LogP contribution in [0.5, 0.6) is 5.75 Å². The van der Waals surface area contributed by atoms with Crippen molar-refractivity contribution in [1.29, 1.82) is 0 Å². The minimum Gasteiger partial charge on any atom is -0.497 e. The number of nitrogens with two attached hydrogens (primary N) is 1. The summed E-state index contributed by atoms with van der Waals surface area (Å²) in [5.41, 5.74) is 5.71. The third-order valence-corrected chi connectivity index (χ3v) is 2.64. The Morgan fingerprint density at radius 2 is 2.31 bits per heavy atom. The molecule has 16 heavy (non-hydrogen) atoms. The van der Waals surface area contributed by atoms with Crippen LogP contribution in [0.25, 0.3) is 0 Å². The van der Waals surface area contributed by atoms with Crippen LogP contribution in [-0.4, -0.2) is 18.2 Å². The van der Waals surface area contributed by atoms with Gasteiger partial charge in [0.15, 0.2) is 0 Å². The second-order valence-electron chi connectivity index (χ2n) is 3.22. The zero-order valence-corrected chi connectivity index (χ0v) is 10.1. The van der Waals surface area contributed by atoms with Crippen molar-refractivity contribution in [2.75, 3.05) is 7.11 Å². The van der Waals surface area contributed by atoms with Crippen LogP contribution in [0, 0.1) is 5.82 Å². The highest BCUT2D eigenvalue weighted by molar-refractivity contribution is 9.10. The molecule has 0 saturated carbocycles. The summed E-state index contributed by atoms with van der Waals surface area (Å²) in [6.07, 6.45) is -0.337. The lowest BCUT2D eigenvalue weighted by molar-refractivity contribution is -0.137. The van der Waals surface area contributed by atoms with Gasteiger partial charge in [0.1, 0.15) is 11.6 Å². The van der Waals surface area contributed by atoms with E-state index < -0.39 is 17.8 Å². The maximum atomic E-state index is 13.6. The van der Waals surface area contributed by atoms with Crippen LogP contribution < -0.4 is 10.5 Å². The number of hydrogen-bond acceptors (Lipinski definition) is 3. The first kappa shape index (κ1) is 12.9. The van der Waals surface area contributed by atoms with E-state index in [-0.39, 0.29) is 16.5 Å². The summed E-state index contributed by atoms with van der Waals surface area (Å²) in [6, 6.07) is 1.95. The largest absolute Gasteiger partial charge is 0.497 e. The van der Waals surface area contributed by atoms with E-state index in [1.54, 1.807) is 0 Å². The smallest absolute Gasteiger partial charge is 0.305 e. The number of carbonyl (C=O) groups is 1. The normalized spacial score (nSPS) is 12.2. The molecular weight excluding hydrogens is 281 g/mol. The molecule has 88 valence electrons. The third kappa shape index (κ3) is 2.93. The second-order valence-corrected chi connectivity index (χ2v) is 4.07. The van der Waals surface area contributed by atoms with Crippen molar-refractivity contribution in [2.24, 2.45) is 5.73 Å². The summed E-state index contributed by atoms with van der Waals surface area (Å²) in [6.45, 7) is 0. The molecule has 0 spiro atoms. The van der Waals surface area contributed by atoms with Gasteiger partial charge in [-0.15, -0.1) is 0 Å². The lowest BCUT2D eigenvalue weighted by atomic mass is 10.0. The van der Waals surface area contributed by atoms with Crippen LogP contribution in [0.4, 0.5) is 4.39 Å². The predicted molar refractivity (Wildman–Crippen MR) is 59.8 cm³/mol. The number of hydrogen-bond donors (Lipinski definition) is 2. The molecule has 1 aromatic carbocycles. The van der Waals surface area contributed by atoms with Crippen molar-refractivity contribution in [2.45, 2.75) is 12.5 Å².